The van der Waals surface area contributed by atoms with Gasteiger partial charge < -0.3 is 9.21 Å². The Labute approximate surface area is 129 Å². The number of carbonyl (C=O) groups excluding carboxylic acids is 1. The van der Waals surface area contributed by atoms with Crippen molar-refractivity contribution in [3.05, 3.63) is 58.2 Å². The van der Waals surface area contributed by atoms with Crippen LogP contribution in [0.3, 0.4) is 0 Å². The van der Waals surface area contributed by atoms with E-state index < -0.39 is 0 Å². The van der Waals surface area contributed by atoms with Gasteiger partial charge in [-0.05, 0) is 42.5 Å². The molecule has 0 aliphatic carbocycles. The molecule has 0 bridgehead atoms. The summed E-state index contributed by atoms with van der Waals surface area (Å²) >= 11 is 7.33. The van der Waals surface area contributed by atoms with Crippen LogP contribution in [0.4, 0.5) is 4.39 Å². The zero-order valence-corrected chi connectivity index (χ0v) is 12.4. The fourth-order valence-corrected chi connectivity index (χ4v) is 3.13. The summed E-state index contributed by atoms with van der Waals surface area (Å²) in [6.45, 7) is 0. The lowest BCUT2D eigenvalue weighted by atomic mass is 10.1. The monoisotopic (exact) mass is 320 g/mol. The molecule has 3 aromatic rings. The van der Waals surface area contributed by atoms with E-state index in [0.29, 0.717) is 15.9 Å². The first-order valence-corrected chi connectivity index (χ1v) is 7.45. The zero-order chi connectivity index (χ0) is 14.8. The third-order valence-corrected chi connectivity index (χ3v) is 4.27. The van der Waals surface area contributed by atoms with Gasteiger partial charge in [0, 0.05) is 17.5 Å². The van der Waals surface area contributed by atoms with Crippen LogP contribution in [-0.2, 0) is 11.2 Å². The summed E-state index contributed by atoms with van der Waals surface area (Å²) in [6.07, 6.45) is 1.09. The molecule has 21 heavy (non-hydrogen) atoms. The molecular weight excluding hydrogens is 311 g/mol. The van der Waals surface area contributed by atoms with Crippen molar-refractivity contribution in [2.24, 2.45) is 0 Å². The first kappa shape index (κ1) is 14.0. The molecule has 0 unspecified atom stereocenters. The number of aldehydes is 1. The summed E-state index contributed by atoms with van der Waals surface area (Å²) in [6, 6.07) is 11.5. The van der Waals surface area contributed by atoms with Gasteiger partial charge in [-0.15, -0.1) is 11.3 Å². The predicted molar refractivity (Wildman–Crippen MR) is 82.2 cm³/mol. The maximum Gasteiger partial charge on any atom is 0.148 e. The zero-order valence-electron chi connectivity index (χ0n) is 10.8. The van der Waals surface area contributed by atoms with Crippen molar-refractivity contribution in [2.45, 2.75) is 6.42 Å². The van der Waals surface area contributed by atoms with E-state index in [2.05, 4.69) is 0 Å². The lowest BCUT2D eigenvalue weighted by Gasteiger charge is -1.97. The minimum Gasteiger partial charge on any atom is -0.455 e. The van der Waals surface area contributed by atoms with Crippen LogP contribution in [0.2, 0.25) is 4.34 Å². The van der Waals surface area contributed by atoms with E-state index in [9.17, 15) is 9.18 Å². The van der Waals surface area contributed by atoms with Crippen LogP contribution >= 0.6 is 22.9 Å². The Morgan fingerprint density at radius 2 is 1.95 bits per heavy atom. The van der Waals surface area contributed by atoms with Crippen molar-refractivity contribution in [3.63, 3.8) is 0 Å². The standard InChI is InChI=1S/C16H10ClFO2S/c17-15-6-5-14(21-15)16-11(7-8-19)9-13(20-16)10-1-3-12(18)4-2-10/h1-6,8-9H,7H2. The Morgan fingerprint density at radius 3 is 2.57 bits per heavy atom. The van der Waals surface area contributed by atoms with Crippen molar-refractivity contribution in [3.8, 4) is 22.0 Å². The van der Waals surface area contributed by atoms with Gasteiger partial charge in [-0.2, -0.15) is 0 Å². The average molecular weight is 321 g/mol. The van der Waals surface area contributed by atoms with Gasteiger partial charge >= 0.3 is 0 Å². The summed E-state index contributed by atoms with van der Waals surface area (Å²) in [5.41, 5.74) is 1.56. The highest BCUT2D eigenvalue weighted by atomic mass is 35.5. The molecule has 0 N–H and O–H groups in total. The maximum absolute atomic E-state index is 13.0. The first-order chi connectivity index (χ1) is 10.2. The normalized spacial score (nSPS) is 10.8. The number of hydrogen-bond acceptors (Lipinski definition) is 3. The second-order valence-electron chi connectivity index (χ2n) is 4.45. The molecule has 5 heteroatoms. The van der Waals surface area contributed by atoms with Crippen LogP contribution in [0.15, 0.2) is 46.9 Å². The summed E-state index contributed by atoms with van der Waals surface area (Å²) < 4.78 is 19.5. The molecule has 0 aliphatic heterocycles. The number of hydrogen-bond donors (Lipinski definition) is 0. The van der Waals surface area contributed by atoms with E-state index in [-0.39, 0.29) is 12.2 Å². The SMILES string of the molecule is O=CCc1cc(-c2ccc(F)cc2)oc1-c1ccc(Cl)s1. The molecule has 3 rings (SSSR count). The van der Waals surface area contributed by atoms with Crippen molar-refractivity contribution in [2.75, 3.05) is 0 Å². The number of carbonyl (C=O) groups is 1. The Bertz CT molecular complexity index is 774. The minimum atomic E-state index is -0.302. The van der Waals surface area contributed by atoms with E-state index in [4.69, 9.17) is 16.0 Å². The Hall–Kier alpha value is -1.91. The molecule has 1 aromatic carbocycles. The Balaban J connectivity index is 2.07. The Morgan fingerprint density at radius 1 is 1.19 bits per heavy atom. The summed E-state index contributed by atoms with van der Waals surface area (Å²) in [4.78, 5) is 11.7. The number of halogens is 2. The molecule has 0 saturated carbocycles. The smallest absolute Gasteiger partial charge is 0.148 e. The lowest BCUT2D eigenvalue weighted by molar-refractivity contribution is -0.107. The fourth-order valence-electron chi connectivity index (χ4n) is 2.07. The molecular formula is C16H10ClFO2S. The highest BCUT2D eigenvalue weighted by Crippen LogP contribution is 2.37. The summed E-state index contributed by atoms with van der Waals surface area (Å²) in [5, 5.41) is 0. The fraction of sp³-hybridized carbons (Fsp3) is 0.0625. The van der Waals surface area contributed by atoms with Crippen LogP contribution in [0.5, 0.6) is 0 Å². The van der Waals surface area contributed by atoms with Crippen LogP contribution in [-0.4, -0.2) is 6.29 Å². The molecule has 2 nitrogen and oxygen atoms in total. The molecule has 0 saturated heterocycles. The van der Waals surface area contributed by atoms with Gasteiger partial charge in [0.05, 0.1) is 9.21 Å². The second-order valence-corrected chi connectivity index (χ2v) is 6.16. The topological polar surface area (TPSA) is 30.2 Å². The molecule has 0 atom stereocenters. The van der Waals surface area contributed by atoms with Crippen LogP contribution in [0.1, 0.15) is 5.56 Å². The molecule has 0 amide bonds. The molecule has 0 radical (unpaired) electrons. The minimum absolute atomic E-state index is 0.259. The predicted octanol–water partition coefficient (Wildman–Crippen LogP) is 5.21. The highest BCUT2D eigenvalue weighted by Gasteiger charge is 2.15. The Kier molecular flexibility index (Phi) is 3.90. The van der Waals surface area contributed by atoms with E-state index in [1.165, 1.54) is 23.5 Å². The molecule has 106 valence electrons. The number of furan rings is 1. The largest absolute Gasteiger partial charge is 0.455 e. The van der Waals surface area contributed by atoms with E-state index in [1.807, 2.05) is 12.1 Å². The van der Waals surface area contributed by atoms with Crippen molar-refractivity contribution in [1.82, 2.24) is 0 Å². The van der Waals surface area contributed by atoms with Crippen LogP contribution in [0, 0.1) is 5.82 Å². The first-order valence-electron chi connectivity index (χ1n) is 6.25. The van der Waals surface area contributed by atoms with Crippen LogP contribution in [0.25, 0.3) is 22.0 Å². The molecule has 0 fully saturated rings. The van der Waals surface area contributed by atoms with Gasteiger partial charge in [-0.3, -0.25) is 0 Å². The molecule has 2 aromatic heterocycles. The van der Waals surface area contributed by atoms with Gasteiger partial charge in [0.25, 0.3) is 0 Å². The van der Waals surface area contributed by atoms with Crippen molar-refractivity contribution in [1.29, 1.82) is 0 Å². The molecule has 2 heterocycles. The second kappa shape index (κ2) is 5.84. The third kappa shape index (κ3) is 2.91. The van der Waals surface area contributed by atoms with Gasteiger partial charge in [0.15, 0.2) is 0 Å². The van der Waals surface area contributed by atoms with Crippen molar-refractivity contribution < 1.29 is 13.6 Å². The van der Waals surface area contributed by atoms with E-state index in [0.717, 1.165) is 22.3 Å². The third-order valence-electron chi connectivity index (χ3n) is 3.04. The lowest BCUT2D eigenvalue weighted by Crippen LogP contribution is -1.84. The van der Waals surface area contributed by atoms with Gasteiger partial charge in [-0.1, -0.05) is 11.6 Å². The van der Waals surface area contributed by atoms with Gasteiger partial charge in [0.2, 0.25) is 0 Å². The van der Waals surface area contributed by atoms with E-state index >= 15 is 0 Å². The van der Waals surface area contributed by atoms with Crippen molar-refractivity contribution >= 4 is 29.2 Å². The molecule has 0 aliphatic rings. The van der Waals surface area contributed by atoms with E-state index in [1.54, 1.807) is 18.2 Å². The van der Waals surface area contributed by atoms with Gasteiger partial charge in [-0.25, -0.2) is 4.39 Å². The number of thiophene rings is 1. The molecule has 0 spiro atoms. The number of benzene rings is 1. The van der Waals surface area contributed by atoms with Gasteiger partial charge in [0.1, 0.15) is 23.6 Å². The average Bonchev–Trinajstić information content (AvgIpc) is 3.07. The summed E-state index contributed by atoms with van der Waals surface area (Å²) in [5.74, 6) is 0.938. The van der Waals surface area contributed by atoms with Crippen LogP contribution < -0.4 is 0 Å². The maximum atomic E-state index is 13.0. The quantitative estimate of drug-likeness (QED) is 0.618. The number of rotatable bonds is 4. The summed E-state index contributed by atoms with van der Waals surface area (Å²) in [7, 11) is 0. The highest BCUT2D eigenvalue weighted by molar-refractivity contribution is 7.19.